The van der Waals surface area contributed by atoms with E-state index in [1.165, 1.54) is 89.9 Å². The molecule has 0 aliphatic heterocycles. The molecule has 0 aromatic rings. The molecule has 0 saturated carbocycles. The quantitative estimate of drug-likeness (QED) is 0.158. The lowest BCUT2D eigenvalue weighted by molar-refractivity contribution is -0.132. The molecule has 2 N–H and O–H groups in total. The van der Waals surface area contributed by atoms with Gasteiger partial charge in [0, 0.05) is 0 Å². The number of carboxylic acid groups (broad SMARTS) is 1. The summed E-state index contributed by atoms with van der Waals surface area (Å²) in [6, 6.07) is 0. The number of aliphatic hydroxyl groups is 1. The Morgan fingerprint density at radius 1 is 0.667 bits per heavy atom. The third-order valence-corrected chi connectivity index (χ3v) is 4.73. The van der Waals surface area contributed by atoms with E-state index in [-0.39, 0.29) is 5.57 Å². The molecule has 142 valence electrons. The first-order chi connectivity index (χ1) is 11.7. The van der Waals surface area contributed by atoms with Gasteiger partial charge in [0.2, 0.25) is 0 Å². The number of carboxylic acids is 1. The van der Waals surface area contributed by atoms with E-state index < -0.39 is 5.97 Å². The zero-order valence-electron chi connectivity index (χ0n) is 15.9. The van der Waals surface area contributed by atoms with Crippen molar-refractivity contribution in [3.63, 3.8) is 0 Å². The standard InChI is InChI=1S/C21H40O3/c1-2-3-4-5-6-7-8-9-10-11-12-13-14-15-16-17-18-20(19-22)21(23)24/h19,22H,2-18H2,1H3,(H,23,24). The number of carbonyl (C=O) groups is 1. The van der Waals surface area contributed by atoms with Crippen LogP contribution in [0.25, 0.3) is 0 Å². The second kappa shape index (κ2) is 18.4. The molecule has 0 fully saturated rings. The summed E-state index contributed by atoms with van der Waals surface area (Å²) >= 11 is 0. The smallest absolute Gasteiger partial charge is 0.334 e. The van der Waals surface area contributed by atoms with Crippen molar-refractivity contribution in [1.82, 2.24) is 0 Å². The fourth-order valence-electron chi connectivity index (χ4n) is 3.09. The summed E-state index contributed by atoms with van der Waals surface area (Å²) < 4.78 is 0. The lowest BCUT2D eigenvalue weighted by atomic mass is 10.0. The number of rotatable bonds is 18. The van der Waals surface area contributed by atoms with Gasteiger partial charge in [-0.2, -0.15) is 0 Å². The molecule has 0 rings (SSSR count). The number of aliphatic carboxylic acids is 1. The molecular formula is C21H40O3. The van der Waals surface area contributed by atoms with Gasteiger partial charge in [0.05, 0.1) is 11.8 Å². The van der Waals surface area contributed by atoms with Crippen LogP contribution in [0.4, 0.5) is 0 Å². The Hall–Kier alpha value is -0.990. The Morgan fingerprint density at radius 3 is 1.29 bits per heavy atom. The van der Waals surface area contributed by atoms with Crippen molar-refractivity contribution < 1.29 is 15.0 Å². The van der Waals surface area contributed by atoms with E-state index in [9.17, 15) is 4.79 Å². The summed E-state index contributed by atoms with van der Waals surface area (Å²) in [5, 5.41) is 17.5. The topological polar surface area (TPSA) is 57.5 Å². The van der Waals surface area contributed by atoms with Crippen LogP contribution < -0.4 is 0 Å². The number of unbranched alkanes of at least 4 members (excludes halogenated alkanes) is 15. The average Bonchev–Trinajstić information content (AvgIpc) is 2.57. The predicted octanol–water partition coefficient (Wildman–Crippen LogP) is 7.16. The highest BCUT2D eigenvalue weighted by atomic mass is 16.4. The fraction of sp³-hybridized carbons (Fsp3) is 0.857. The van der Waals surface area contributed by atoms with Gasteiger partial charge in [0.25, 0.3) is 0 Å². The molecule has 0 aromatic heterocycles. The van der Waals surface area contributed by atoms with Crippen molar-refractivity contribution in [2.24, 2.45) is 0 Å². The first-order valence-electron chi connectivity index (χ1n) is 10.3. The van der Waals surface area contributed by atoms with Crippen molar-refractivity contribution in [3.05, 3.63) is 11.8 Å². The molecule has 0 aliphatic carbocycles. The number of hydrogen-bond donors (Lipinski definition) is 2. The Balaban J connectivity index is 3.14. The van der Waals surface area contributed by atoms with Crippen LogP contribution in [-0.2, 0) is 4.79 Å². The summed E-state index contributed by atoms with van der Waals surface area (Å²) in [6.07, 6.45) is 22.2. The van der Waals surface area contributed by atoms with Gasteiger partial charge < -0.3 is 10.2 Å². The average molecular weight is 341 g/mol. The van der Waals surface area contributed by atoms with Crippen LogP contribution in [0.3, 0.4) is 0 Å². The molecule has 0 spiro atoms. The summed E-state index contributed by atoms with van der Waals surface area (Å²) in [5.41, 5.74) is 0.125. The van der Waals surface area contributed by atoms with Crippen LogP contribution in [0.15, 0.2) is 11.8 Å². The third kappa shape index (κ3) is 15.9. The van der Waals surface area contributed by atoms with Crippen LogP contribution in [0.5, 0.6) is 0 Å². The number of hydrogen-bond acceptors (Lipinski definition) is 2. The van der Waals surface area contributed by atoms with Crippen molar-refractivity contribution in [2.45, 2.75) is 116 Å². The van der Waals surface area contributed by atoms with Crippen LogP contribution in [0.2, 0.25) is 0 Å². The van der Waals surface area contributed by atoms with E-state index in [0.29, 0.717) is 6.42 Å². The minimum atomic E-state index is -1.00. The van der Waals surface area contributed by atoms with Gasteiger partial charge >= 0.3 is 5.97 Å². The Bertz CT molecular complexity index is 310. The molecule has 0 radical (unpaired) electrons. The van der Waals surface area contributed by atoms with Gasteiger partial charge in [-0.15, -0.1) is 0 Å². The van der Waals surface area contributed by atoms with Crippen LogP contribution in [0, 0.1) is 0 Å². The van der Waals surface area contributed by atoms with Gasteiger partial charge in [-0.05, 0) is 12.8 Å². The van der Waals surface area contributed by atoms with Crippen molar-refractivity contribution in [2.75, 3.05) is 0 Å². The van der Waals surface area contributed by atoms with E-state index in [0.717, 1.165) is 19.1 Å². The molecule has 0 aliphatic rings. The van der Waals surface area contributed by atoms with E-state index in [1.54, 1.807) is 0 Å². The van der Waals surface area contributed by atoms with Crippen LogP contribution in [-0.4, -0.2) is 16.2 Å². The van der Waals surface area contributed by atoms with Gasteiger partial charge in [0.1, 0.15) is 0 Å². The van der Waals surface area contributed by atoms with Gasteiger partial charge in [-0.3, -0.25) is 0 Å². The van der Waals surface area contributed by atoms with Crippen LogP contribution in [0.1, 0.15) is 116 Å². The van der Waals surface area contributed by atoms with E-state index in [1.807, 2.05) is 0 Å². The lowest BCUT2D eigenvalue weighted by Gasteiger charge is -2.04. The highest BCUT2D eigenvalue weighted by molar-refractivity contribution is 5.86. The zero-order chi connectivity index (χ0) is 17.9. The van der Waals surface area contributed by atoms with E-state index >= 15 is 0 Å². The summed E-state index contributed by atoms with van der Waals surface area (Å²) in [5.74, 6) is -1.00. The fourth-order valence-corrected chi connectivity index (χ4v) is 3.09. The highest BCUT2D eigenvalue weighted by Gasteiger charge is 2.06. The second-order valence-corrected chi connectivity index (χ2v) is 7.01. The van der Waals surface area contributed by atoms with Crippen molar-refractivity contribution in [1.29, 1.82) is 0 Å². The molecule has 0 amide bonds. The maximum atomic E-state index is 10.7. The minimum absolute atomic E-state index is 0.125. The molecule has 0 aromatic carbocycles. The molecule has 0 heterocycles. The highest BCUT2D eigenvalue weighted by Crippen LogP contribution is 2.15. The maximum Gasteiger partial charge on any atom is 0.334 e. The molecule has 24 heavy (non-hydrogen) atoms. The van der Waals surface area contributed by atoms with Gasteiger partial charge in [-0.1, -0.05) is 103 Å². The first-order valence-corrected chi connectivity index (χ1v) is 10.3. The lowest BCUT2D eigenvalue weighted by Crippen LogP contribution is -2.00. The summed E-state index contributed by atoms with van der Waals surface area (Å²) in [7, 11) is 0. The second-order valence-electron chi connectivity index (χ2n) is 7.01. The van der Waals surface area contributed by atoms with Crippen molar-refractivity contribution >= 4 is 5.97 Å². The Kier molecular flexibility index (Phi) is 17.6. The third-order valence-electron chi connectivity index (χ3n) is 4.73. The summed E-state index contributed by atoms with van der Waals surface area (Å²) in [4.78, 5) is 10.7. The molecule has 0 bridgehead atoms. The zero-order valence-corrected chi connectivity index (χ0v) is 15.9. The SMILES string of the molecule is CCCCCCCCCCCCCCCCCCC(=CO)C(=O)O. The van der Waals surface area contributed by atoms with E-state index in [2.05, 4.69) is 6.92 Å². The Morgan fingerprint density at radius 2 is 1.00 bits per heavy atom. The Labute approximate surface area is 149 Å². The van der Waals surface area contributed by atoms with Gasteiger partial charge in [-0.25, -0.2) is 4.79 Å². The molecule has 3 heteroatoms. The normalized spacial score (nSPS) is 11.8. The predicted molar refractivity (Wildman–Crippen MR) is 103 cm³/mol. The molecular weight excluding hydrogens is 300 g/mol. The van der Waals surface area contributed by atoms with E-state index in [4.69, 9.17) is 10.2 Å². The maximum absolute atomic E-state index is 10.7. The minimum Gasteiger partial charge on any atom is -0.515 e. The molecule has 3 nitrogen and oxygen atoms in total. The molecule has 0 unspecified atom stereocenters. The summed E-state index contributed by atoms with van der Waals surface area (Å²) in [6.45, 7) is 2.27. The molecule has 0 saturated heterocycles. The monoisotopic (exact) mass is 340 g/mol. The van der Waals surface area contributed by atoms with Crippen LogP contribution >= 0.6 is 0 Å². The number of aliphatic hydroxyl groups excluding tert-OH is 1. The van der Waals surface area contributed by atoms with Gasteiger partial charge in [0.15, 0.2) is 0 Å². The largest absolute Gasteiger partial charge is 0.515 e. The first kappa shape index (κ1) is 23.0. The van der Waals surface area contributed by atoms with Crippen molar-refractivity contribution in [3.8, 4) is 0 Å². The molecule has 0 atom stereocenters.